The van der Waals surface area contributed by atoms with Crippen LogP contribution in [0.1, 0.15) is 16.5 Å². The number of hydrogen-bond donors (Lipinski definition) is 0. The predicted octanol–water partition coefficient (Wildman–Crippen LogP) is 3.91. The summed E-state index contributed by atoms with van der Waals surface area (Å²) in [5.74, 6) is -0.757. The molecule has 0 amide bonds. The van der Waals surface area contributed by atoms with E-state index in [0.717, 1.165) is 16.8 Å². The number of aryl methyl sites for hydroxylation is 2. The number of aromatic nitrogens is 3. The molecule has 0 spiro atoms. The zero-order valence-corrected chi connectivity index (χ0v) is 12.8. The maximum absolute atomic E-state index is 14.1. The van der Waals surface area contributed by atoms with Crippen molar-refractivity contribution in [2.75, 3.05) is 5.88 Å². The zero-order valence-electron chi connectivity index (χ0n) is 11.2. The average Bonchev–Trinajstić information content (AvgIpc) is 3.00. The van der Waals surface area contributed by atoms with E-state index in [2.05, 4.69) is 9.97 Å². The predicted molar refractivity (Wildman–Crippen MR) is 80.0 cm³/mol. The number of alkyl halides is 1. The largest absolute Gasteiger partial charge is 0.318 e. The van der Waals surface area contributed by atoms with Crippen LogP contribution in [0.5, 0.6) is 0 Å². The Labute approximate surface area is 129 Å². The van der Waals surface area contributed by atoms with Gasteiger partial charge in [0.25, 0.3) is 0 Å². The molecule has 2 heterocycles. The molecule has 0 bridgehead atoms. The van der Waals surface area contributed by atoms with Crippen LogP contribution >= 0.6 is 22.9 Å². The lowest BCUT2D eigenvalue weighted by atomic mass is 10.3. The van der Waals surface area contributed by atoms with Crippen molar-refractivity contribution in [3.8, 4) is 0 Å². The van der Waals surface area contributed by atoms with Gasteiger partial charge in [0.2, 0.25) is 0 Å². The smallest absolute Gasteiger partial charge is 0.184 e. The Morgan fingerprint density at radius 3 is 2.76 bits per heavy atom. The van der Waals surface area contributed by atoms with Crippen LogP contribution in [0, 0.1) is 18.6 Å². The van der Waals surface area contributed by atoms with Crippen LogP contribution in [0.15, 0.2) is 17.5 Å². The van der Waals surface area contributed by atoms with E-state index in [0.29, 0.717) is 30.2 Å². The average molecular weight is 328 g/mol. The second kappa shape index (κ2) is 5.69. The van der Waals surface area contributed by atoms with Gasteiger partial charge >= 0.3 is 0 Å². The lowest BCUT2D eigenvalue weighted by molar-refractivity contribution is 0.511. The minimum atomic E-state index is -0.880. The third kappa shape index (κ3) is 2.65. The fourth-order valence-corrected chi connectivity index (χ4v) is 3.19. The minimum absolute atomic E-state index is 0.169. The number of hydrogen-bond acceptors (Lipinski definition) is 3. The highest BCUT2D eigenvalue weighted by molar-refractivity contribution is 7.09. The first kappa shape index (κ1) is 14.4. The Kier molecular flexibility index (Phi) is 3.91. The van der Waals surface area contributed by atoms with Gasteiger partial charge in [-0.05, 0) is 19.1 Å². The first-order valence-electron chi connectivity index (χ1n) is 6.40. The van der Waals surface area contributed by atoms with E-state index in [4.69, 9.17) is 11.6 Å². The van der Waals surface area contributed by atoms with E-state index in [1.54, 1.807) is 4.57 Å². The van der Waals surface area contributed by atoms with Gasteiger partial charge in [0.1, 0.15) is 16.3 Å². The molecule has 3 nitrogen and oxygen atoms in total. The number of fused-ring (bicyclic) bond motifs is 1. The number of nitrogens with zero attached hydrogens (tertiary/aromatic N) is 3. The number of imidazole rings is 1. The molecule has 0 unspecified atom stereocenters. The van der Waals surface area contributed by atoms with E-state index in [-0.39, 0.29) is 5.52 Å². The van der Waals surface area contributed by atoms with Crippen molar-refractivity contribution in [2.45, 2.75) is 19.9 Å². The molecule has 0 radical (unpaired) electrons. The normalized spacial score (nSPS) is 11.4. The molecule has 21 heavy (non-hydrogen) atoms. The highest BCUT2D eigenvalue weighted by atomic mass is 35.5. The summed E-state index contributed by atoms with van der Waals surface area (Å²) in [7, 11) is 0. The quantitative estimate of drug-likeness (QED) is 0.680. The lowest BCUT2D eigenvalue weighted by Gasteiger charge is -2.07. The van der Waals surface area contributed by atoms with Crippen LogP contribution < -0.4 is 0 Å². The van der Waals surface area contributed by atoms with Crippen LogP contribution in [-0.2, 0) is 13.0 Å². The first-order valence-corrected chi connectivity index (χ1v) is 7.81. The Balaban J connectivity index is 2.16. The summed E-state index contributed by atoms with van der Waals surface area (Å²) in [5.41, 5.74) is 1.51. The van der Waals surface area contributed by atoms with Gasteiger partial charge in [-0.25, -0.2) is 18.7 Å². The first-order chi connectivity index (χ1) is 10.1. The van der Waals surface area contributed by atoms with E-state index in [1.165, 1.54) is 17.4 Å². The Morgan fingerprint density at radius 2 is 2.10 bits per heavy atom. The molecule has 0 saturated heterocycles. The summed E-state index contributed by atoms with van der Waals surface area (Å²) < 4.78 is 29.3. The third-order valence-electron chi connectivity index (χ3n) is 3.16. The second-order valence-corrected chi connectivity index (χ2v) is 5.99. The van der Waals surface area contributed by atoms with Gasteiger partial charge in [0.05, 0.1) is 12.1 Å². The third-order valence-corrected chi connectivity index (χ3v) is 4.30. The van der Waals surface area contributed by atoms with Crippen molar-refractivity contribution >= 4 is 34.0 Å². The Hall–Kier alpha value is -1.53. The Bertz CT molecular complexity index is 797. The summed E-state index contributed by atoms with van der Waals surface area (Å²) in [6, 6.07) is 2.57. The van der Waals surface area contributed by atoms with Crippen molar-refractivity contribution < 1.29 is 8.78 Å². The van der Waals surface area contributed by atoms with Crippen molar-refractivity contribution in [3.63, 3.8) is 0 Å². The van der Waals surface area contributed by atoms with Gasteiger partial charge in [-0.15, -0.1) is 22.9 Å². The summed E-state index contributed by atoms with van der Waals surface area (Å²) in [6.07, 6.45) is 0.488. The molecule has 3 rings (SSSR count). The van der Waals surface area contributed by atoms with Crippen molar-refractivity contribution in [1.82, 2.24) is 14.5 Å². The van der Waals surface area contributed by atoms with Crippen LogP contribution in [-0.4, -0.2) is 20.4 Å². The highest BCUT2D eigenvalue weighted by Gasteiger charge is 2.18. The van der Waals surface area contributed by atoms with Gasteiger partial charge < -0.3 is 4.57 Å². The summed E-state index contributed by atoms with van der Waals surface area (Å²) in [5, 5.41) is 2.75. The molecule has 110 valence electrons. The number of rotatable bonds is 4. The fourth-order valence-electron chi connectivity index (χ4n) is 2.26. The fraction of sp³-hybridized carbons (Fsp3) is 0.286. The van der Waals surface area contributed by atoms with Crippen LogP contribution in [0.3, 0.4) is 0 Å². The molecule has 0 fully saturated rings. The number of thiazole rings is 1. The summed E-state index contributed by atoms with van der Waals surface area (Å²) in [4.78, 5) is 8.72. The van der Waals surface area contributed by atoms with E-state index in [9.17, 15) is 8.78 Å². The second-order valence-electron chi connectivity index (χ2n) is 4.66. The van der Waals surface area contributed by atoms with E-state index >= 15 is 0 Å². The molecule has 1 aromatic carbocycles. The van der Waals surface area contributed by atoms with Crippen LogP contribution in [0.25, 0.3) is 11.0 Å². The maximum Gasteiger partial charge on any atom is 0.184 e. The zero-order chi connectivity index (χ0) is 15.0. The molecule has 0 N–H and O–H groups in total. The van der Waals surface area contributed by atoms with E-state index < -0.39 is 11.6 Å². The van der Waals surface area contributed by atoms with Crippen molar-refractivity contribution in [2.24, 2.45) is 0 Å². The lowest BCUT2D eigenvalue weighted by Crippen LogP contribution is -2.07. The topological polar surface area (TPSA) is 30.7 Å². The minimum Gasteiger partial charge on any atom is -0.318 e. The Morgan fingerprint density at radius 1 is 1.29 bits per heavy atom. The summed E-state index contributed by atoms with van der Waals surface area (Å²) in [6.45, 7) is 2.26. The van der Waals surface area contributed by atoms with Crippen molar-refractivity contribution in [1.29, 1.82) is 0 Å². The summed E-state index contributed by atoms with van der Waals surface area (Å²) >= 11 is 7.26. The molecular weight excluding hydrogens is 316 g/mol. The van der Waals surface area contributed by atoms with E-state index in [1.807, 2.05) is 12.3 Å². The molecular formula is C14H12ClF2N3S. The molecule has 2 aromatic heterocycles. The standard InChI is InChI=1S/C14H12ClF2N3S/c1-8-7-21-12(18-8)6-20-11(4-5-15)19-10-3-2-9(16)13(17)14(10)20/h2-3,7H,4-6H2,1H3. The maximum atomic E-state index is 14.1. The van der Waals surface area contributed by atoms with Crippen LogP contribution in [0.2, 0.25) is 0 Å². The molecule has 0 saturated carbocycles. The van der Waals surface area contributed by atoms with Gasteiger partial charge in [-0.3, -0.25) is 0 Å². The highest BCUT2D eigenvalue weighted by Crippen LogP contribution is 2.24. The molecule has 7 heteroatoms. The number of benzene rings is 1. The van der Waals surface area contributed by atoms with Crippen molar-refractivity contribution in [3.05, 3.63) is 45.7 Å². The molecule has 0 aliphatic heterocycles. The van der Waals surface area contributed by atoms with Gasteiger partial charge in [0.15, 0.2) is 11.6 Å². The monoisotopic (exact) mass is 327 g/mol. The molecule has 3 aromatic rings. The molecule has 0 aliphatic rings. The van der Waals surface area contributed by atoms with Gasteiger partial charge in [0, 0.05) is 23.4 Å². The molecule has 0 atom stereocenters. The number of halogens is 3. The van der Waals surface area contributed by atoms with Gasteiger partial charge in [-0.2, -0.15) is 0 Å². The van der Waals surface area contributed by atoms with Gasteiger partial charge in [-0.1, -0.05) is 0 Å². The SMILES string of the molecule is Cc1csc(Cn2c(CCCl)nc3ccc(F)c(F)c32)n1. The van der Waals surface area contributed by atoms with Crippen LogP contribution in [0.4, 0.5) is 8.78 Å². The molecule has 0 aliphatic carbocycles.